The van der Waals surface area contributed by atoms with Crippen molar-refractivity contribution in [1.29, 1.82) is 0 Å². The van der Waals surface area contributed by atoms with Crippen LogP contribution in [0.5, 0.6) is 0 Å². The van der Waals surface area contributed by atoms with Gasteiger partial charge in [-0.3, -0.25) is 9.89 Å². The zero-order chi connectivity index (χ0) is 16.5. The predicted octanol–water partition coefficient (Wildman–Crippen LogP) is 2.15. The number of aromatic nitrogens is 4. The van der Waals surface area contributed by atoms with Gasteiger partial charge in [-0.2, -0.15) is 5.10 Å². The highest BCUT2D eigenvalue weighted by molar-refractivity contribution is 5.94. The first-order valence-electron chi connectivity index (χ1n) is 8.13. The molecule has 1 amide bonds. The van der Waals surface area contributed by atoms with Crippen LogP contribution < -0.4 is 5.32 Å². The molecular weight excluding hydrogens is 302 g/mol. The lowest BCUT2D eigenvalue weighted by Gasteiger charge is -2.19. The Morgan fingerprint density at radius 3 is 2.88 bits per heavy atom. The molecule has 0 bridgehead atoms. The van der Waals surface area contributed by atoms with E-state index in [1.165, 1.54) is 0 Å². The molecule has 2 aromatic heterocycles. The van der Waals surface area contributed by atoms with Crippen molar-refractivity contribution < 1.29 is 4.79 Å². The van der Waals surface area contributed by atoms with E-state index in [1.807, 2.05) is 48.1 Å². The van der Waals surface area contributed by atoms with E-state index in [9.17, 15) is 4.79 Å². The van der Waals surface area contributed by atoms with Gasteiger partial charge >= 0.3 is 0 Å². The lowest BCUT2D eigenvalue weighted by atomic mass is 10.1. The number of amides is 1. The summed E-state index contributed by atoms with van der Waals surface area (Å²) in [4.78, 5) is 17.2. The summed E-state index contributed by atoms with van der Waals surface area (Å²) in [6.07, 6.45) is 6.57. The van der Waals surface area contributed by atoms with Gasteiger partial charge in [0.1, 0.15) is 11.9 Å². The molecule has 0 spiro atoms. The molecule has 1 aliphatic rings. The van der Waals surface area contributed by atoms with Gasteiger partial charge < -0.3 is 9.88 Å². The van der Waals surface area contributed by atoms with E-state index in [0.29, 0.717) is 5.69 Å². The van der Waals surface area contributed by atoms with Crippen molar-refractivity contribution in [3.63, 3.8) is 0 Å². The Balaban J connectivity index is 1.67. The minimum Gasteiger partial charge on any atom is -0.337 e. The van der Waals surface area contributed by atoms with Crippen LogP contribution in [-0.2, 0) is 19.9 Å². The first kappa shape index (κ1) is 14.7. The first-order chi connectivity index (χ1) is 11.7. The second-order valence-corrected chi connectivity index (χ2v) is 6.10. The van der Waals surface area contributed by atoms with Crippen molar-refractivity contribution in [2.24, 2.45) is 7.05 Å². The smallest absolute Gasteiger partial charge is 0.272 e. The molecule has 24 heavy (non-hydrogen) atoms. The number of carbonyl (C=O) groups excluding carboxylic acids is 1. The maximum absolute atomic E-state index is 12.8. The number of hydrogen-bond acceptors (Lipinski definition) is 3. The van der Waals surface area contributed by atoms with E-state index in [4.69, 9.17) is 0 Å². The molecule has 0 saturated carbocycles. The second-order valence-electron chi connectivity index (χ2n) is 6.10. The number of aryl methyl sites for hydroxylation is 2. The van der Waals surface area contributed by atoms with Crippen molar-refractivity contribution in [2.45, 2.75) is 25.3 Å². The summed E-state index contributed by atoms with van der Waals surface area (Å²) in [6.45, 7) is 0. The third-order valence-corrected chi connectivity index (χ3v) is 4.55. The minimum atomic E-state index is -0.313. The number of fused-ring (bicyclic) bond motifs is 1. The molecule has 1 atom stereocenters. The Bertz CT molecular complexity index is 865. The van der Waals surface area contributed by atoms with Crippen LogP contribution in [-0.4, -0.2) is 25.7 Å². The second kappa shape index (κ2) is 5.96. The number of benzene rings is 1. The third kappa shape index (κ3) is 2.50. The third-order valence-electron chi connectivity index (χ3n) is 4.55. The molecule has 122 valence electrons. The SMILES string of the molecule is Cn1ccnc1[C@@H](NC(=O)c1n[nH]c2c1CCC2)c1ccccc1. The van der Waals surface area contributed by atoms with Gasteiger partial charge in [0.25, 0.3) is 5.91 Å². The fourth-order valence-corrected chi connectivity index (χ4v) is 3.30. The zero-order valence-electron chi connectivity index (χ0n) is 13.5. The van der Waals surface area contributed by atoms with E-state index in [1.54, 1.807) is 6.20 Å². The molecular formula is C18H19N5O. The number of imidazole rings is 1. The summed E-state index contributed by atoms with van der Waals surface area (Å²) in [6, 6.07) is 9.56. The van der Waals surface area contributed by atoms with Gasteiger partial charge in [0, 0.05) is 30.7 Å². The molecule has 4 rings (SSSR count). The average Bonchev–Trinajstić information content (AvgIpc) is 3.30. The van der Waals surface area contributed by atoms with Gasteiger partial charge in [0.15, 0.2) is 5.69 Å². The fourth-order valence-electron chi connectivity index (χ4n) is 3.30. The highest BCUT2D eigenvalue weighted by Crippen LogP contribution is 2.25. The predicted molar refractivity (Wildman–Crippen MR) is 89.6 cm³/mol. The average molecular weight is 321 g/mol. The first-order valence-corrected chi connectivity index (χ1v) is 8.13. The number of H-pyrrole nitrogens is 1. The standard InChI is InChI=1S/C18H19N5O/c1-23-11-10-19-17(23)15(12-6-3-2-4-7-12)20-18(24)16-13-8-5-9-14(13)21-22-16/h2-4,6-7,10-11,15H,5,8-9H2,1H3,(H,20,24)(H,21,22)/t15-/m0/s1. The van der Waals surface area contributed by atoms with E-state index in [0.717, 1.165) is 41.9 Å². The minimum absolute atomic E-state index is 0.161. The van der Waals surface area contributed by atoms with Gasteiger partial charge in [-0.15, -0.1) is 0 Å². The quantitative estimate of drug-likeness (QED) is 0.773. The van der Waals surface area contributed by atoms with Gasteiger partial charge in [-0.25, -0.2) is 4.98 Å². The zero-order valence-corrected chi connectivity index (χ0v) is 13.5. The molecule has 2 heterocycles. The Morgan fingerprint density at radius 1 is 1.29 bits per heavy atom. The van der Waals surface area contributed by atoms with Crippen molar-refractivity contribution in [1.82, 2.24) is 25.1 Å². The van der Waals surface area contributed by atoms with Crippen LogP contribution in [0.3, 0.4) is 0 Å². The Labute approximate surface area is 139 Å². The van der Waals surface area contributed by atoms with Crippen LogP contribution in [0.25, 0.3) is 0 Å². The van der Waals surface area contributed by atoms with Gasteiger partial charge in [0.2, 0.25) is 0 Å². The van der Waals surface area contributed by atoms with Crippen molar-refractivity contribution >= 4 is 5.91 Å². The number of nitrogens with one attached hydrogen (secondary N) is 2. The largest absolute Gasteiger partial charge is 0.337 e. The van der Waals surface area contributed by atoms with Crippen LogP contribution in [0, 0.1) is 0 Å². The summed E-state index contributed by atoms with van der Waals surface area (Å²) in [7, 11) is 1.93. The summed E-state index contributed by atoms with van der Waals surface area (Å²) in [5.41, 5.74) is 3.65. The molecule has 0 aliphatic heterocycles. The molecule has 3 aromatic rings. The van der Waals surface area contributed by atoms with Gasteiger partial charge in [-0.1, -0.05) is 30.3 Å². The summed E-state index contributed by atoms with van der Waals surface area (Å²) < 4.78 is 1.92. The number of nitrogens with zero attached hydrogens (tertiary/aromatic N) is 3. The molecule has 0 radical (unpaired) electrons. The van der Waals surface area contributed by atoms with Crippen molar-refractivity contribution in [2.75, 3.05) is 0 Å². The lowest BCUT2D eigenvalue weighted by Crippen LogP contribution is -2.31. The normalized spacial score (nSPS) is 14.4. The Morgan fingerprint density at radius 2 is 2.12 bits per heavy atom. The maximum Gasteiger partial charge on any atom is 0.272 e. The van der Waals surface area contributed by atoms with Crippen molar-refractivity contribution in [3.05, 3.63) is 71.1 Å². The van der Waals surface area contributed by atoms with E-state index in [2.05, 4.69) is 20.5 Å². The van der Waals surface area contributed by atoms with Crippen LogP contribution >= 0.6 is 0 Å². The summed E-state index contributed by atoms with van der Waals surface area (Å²) in [5.74, 6) is 0.632. The van der Waals surface area contributed by atoms with Crippen LogP contribution in [0.15, 0.2) is 42.7 Å². The maximum atomic E-state index is 12.8. The van der Waals surface area contributed by atoms with Crippen LogP contribution in [0.2, 0.25) is 0 Å². The van der Waals surface area contributed by atoms with Crippen molar-refractivity contribution in [3.8, 4) is 0 Å². The molecule has 6 heteroatoms. The van der Waals surface area contributed by atoms with Gasteiger partial charge in [-0.05, 0) is 24.8 Å². The summed E-state index contributed by atoms with van der Waals surface area (Å²) in [5, 5.41) is 10.3. The Hall–Kier alpha value is -2.89. The summed E-state index contributed by atoms with van der Waals surface area (Å²) >= 11 is 0. The van der Waals surface area contributed by atoms with E-state index < -0.39 is 0 Å². The van der Waals surface area contributed by atoms with Crippen LogP contribution in [0.1, 0.15) is 45.6 Å². The molecule has 6 nitrogen and oxygen atoms in total. The van der Waals surface area contributed by atoms with E-state index in [-0.39, 0.29) is 11.9 Å². The van der Waals surface area contributed by atoms with Gasteiger partial charge in [0.05, 0.1) is 0 Å². The number of hydrogen-bond donors (Lipinski definition) is 2. The number of carbonyl (C=O) groups is 1. The molecule has 0 fully saturated rings. The highest BCUT2D eigenvalue weighted by atomic mass is 16.2. The lowest BCUT2D eigenvalue weighted by molar-refractivity contribution is 0.0935. The monoisotopic (exact) mass is 321 g/mol. The molecule has 2 N–H and O–H groups in total. The van der Waals surface area contributed by atoms with Crippen LogP contribution in [0.4, 0.5) is 0 Å². The molecule has 1 aromatic carbocycles. The Kier molecular flexibility index (Phi) is 3.65. The molecule has 0 saturated heterocycles. The molecule has 0 unspecified atom stereocenters. The number of aromatic amines is 1. The molecule has 1 aliphatic carbocycles. The number of rotatable bonds is 4. The topological polar surface area (TPSA) is 75.6 Å². The van der Waals surface area contributed by atoms with E-state index >= 15 is 0 Å². The fraction of sp³-hybridized carbons (Fsp3) is 0.278. The highest BCUT2D eigenvalue weighted by Gasteiger charge is 2.27.